The number of carbonyl (C=O) groups excluding carboxylic acids is 2. The van der Waals surface area contributed by atoms with Crippen LogP contribution in [-0.4, -0.2) is 60.1 Å². The summed E-state index contributed by atoms with van der Waals surface area (Å²) in [6.07, 6.45) is 2.97. The number of carboxylic acid groups (broad SMARTS) is 1. The fraction of sp³-hybridized carbons (Fsp3) is 0.765. The molecule has 27 heavy (non-hydrogen) atoms. The minimum Gasteiger partial charge on any atom is -0.480 e. The Kier molecular flexibility index (Phi) is 9.55. The third-order valence-electron chi connectivity index (χ3n) is 4.73. The number of nitrogens with two attached hydrogens (primary N) is 2. The SMILES string of the molecule is CC[C@H](C)[C@H](NC(=O)[C@H](CCCN=C(N)N)NC(=O)[C@@H]1CCCN1)C(=O)O. The molecule has 8 N–H and O–H groups in total. The molecule has 0 aromatic carbocycles. The molecule has 0 radical (unpaired) electrons. The van der Waals surface area contributed by atoms with Crippen molar-refractivity contribution in [2.24, 2.45) is 22.4 Å². The average Bonchev–Trinajstić information content (AvgIpc) is 3.15. The second kappa shape index (κ2) is 11.4. The van der Waals surface area contributed by atoms with E-state index in [-0.39, 0.29) is 23.8 Å². The summed E-state index contributed by atoms with van der Waals surface area (Å²) in [5.74, 6) is -2.15. The largest absolute Gasteiger partial charge is 0.480 e. The van der Waals surface area contributed by atoms with Crippen LogP contribution >= 0.6 is 0 Å². The molecule has 0 aromatic rings. The van der Waals surface area contributed by atoms with Gasteiger partial charge in [0.05, 0.1) is 6.04 Å². The number of nitrogens with one attached hydrogen (secondary N) is 3. The number of amides is 2. The first kappa shape index (κ1) is 22.7. The number of carboxylic acids is 1. The Morgan fingerprint density at radius 2 is 2.00 bits per heavy atom. The molecule has 0 aliphatic carbocycles. The molecule has 0 spiro atoms. The minimum atomic E-state index is -1.10. The van der Waals surface area contributed by atoms with Crippen molar-refractivity contribution in [1.29, 1.82) is 0 Å². The molecule has 10 nitrogen and oxygen atoms in total. The van der Waals surface area contributed by atoms with Crippen molar-refractivity contribution in [1.82, 2.24) is 16.0 Å². The van der Waals surface area contributed by atoms with Crippen molar-refractivity contribution in [2.75, 3.05) is 13.1 Å². The van der Waals surface area contributed by atoms with Gasteiger partial charge >= 0.3 is 5.97 Å². The first-order valence-corrected chi connectivity index (χ1v) is 9.38. The first-order valence-electron chi connectivity index (χ1n) is 9.38. The topological polar surface area (TPSA) is 172 Å². The lowest BCUT2D eigenvalue weighted by molar-refractivity contribution is -0.143. The van der Waals surface area contributed by atoms with E-state index in [1.807, 2.05) is 6.92 Å². The van der Waals surface area contributed by atoms with Crippen LogP contribution in [0.15, 0.2) is 4.99 Å². The molecule has 2 amide bonds. The number of aliphatic carboxylic acids is 1. The zero-order chi connectivity index (χ0) is 20.4. The van der Waals surface area contributed by atoms with E-state index in [0.29, 0.717) is 32.2 Å². The molecular formula is C17H32N6O4. The highest BCUT2D eigenvalue weighted by Crippen LogP contribution is 2.10. The van der Waals surface area contributed by atoms with Gasteiger partial charge in [-0.15, -0.1) is 0 Å². The van der Waals surface area contributed by atoms with Gasteiger partial charge in [-0.25, -0.2) is 4.79 Å². The van der Waals surface area contributed by atoms with E-state index in [1.165, 1.54) is 0 Å². The van der Waals surface area contributed by atoms with Crippen molar-refractivity contribution in [3.63, 3.8) is 0 Å². The summed E-state index contributed by atoms with van der Waals surface area (Å²) in [6, 6.07) is -2.19. The van der Waals surface area contributed by atoms with Crippen molar-refractivity contribution < 1.29 is 19.5 Å². The van der Waals surface area contributed by atoms with Gasteiger partial charge in [-0.2, -0.15) is 0 Å². The van der Waals surface area contributed by atoms with Crippen LogP contribution in [0.2, 0.25) is 0 Å². The van der Waals surface area contributed by atoms with Gasteiger partial charge in [0.2, 0.25) is 11.8 Å². The van der Waals surface area contributed by atoms with Crippen LogP contribution in [0.4, 0.5) is 0 Å². The van der Waals surface area contributed by atoms with Crippen molar-refractivity contribution in [2.45, 2.75) is 64.1 Å². The Labute approximate surface area is 159 Å². The molecule has 0 aromatic heterocycles. The summed E-state index contributed by atoms with van der Waals surface area (Å²) in [6.45, 7) is 4.69. The molecule has 1 fully saturated rings. The zero-order valence-electron chi connectivity index (χ0n) is 16.0. The molecular weight excluding hydrogens is 352 g/mol. The number of rotatable bonds is 11. The number of hydrogen-bond donors (Lipinski definition) is 6. The molecule has 10 heteroatoms. The van der Waals surface area contributed by atoms with E-state index in [1.54, 1.807) is 6.92 Å². The van der Waals surface area contributed by atoms with Gasteiger partial charge in [-0.1, -0.05) is 20.3 Å². The number of aliphatic imine (C=N–C) groups is 1. The normalized spacial score (nSPS) is 19.6. The first-order chi connectivity index (χ1) is 12.8. The Hall–Kier alpha value is -2.36. The van der Waals surface area contributed by atoms with Crippen molar-refractivity contribution in [3.05, 3.63) is 0 Å². The average molecular weight is 384 g/mol. The highest BCUT2D eigenvalue weighted by molar-refractivity contribution is 5.92. The number of carbonyl (C=O) groups is 3. The van der Waals surface area contributed by atoms with E-state index < -0.39 is 24.0 Å². The molecule has 1 aliphatic heterocycles. The van der Waals surface area contributed by atoms with Gasteiger partial charge in [-0.3, -0.25) is 14.6 Å². The van der Waals surface area contributed by atoms with Crippen LogP contribution in [0.1, 0.15) is 46.0 Å². The molecule has 1 heterocycles. The number of hydrogen-bond acceptors (Lipinski definition) is 5. The van der Waals surface area contributed by atoms with Crippen molar-refractivity contribution >= 4 is 23.7 Å². The fourth-order valence-electron chi connectivity index (χ4n) is 2.89. The lowest BCUT2D eigenvalue weighted by Crippen LogP contribution is -2.55. The van der Waals surface area contributed by atoms with Gasteiger partial charge in [0.25, 0.3) is 0 Å². The summed E-state index contributed by atoms with van der Waals surface area (Å²) >= 11 is 0. The fourth-order valence-corrected chi connectivity index (χ4v) is 2.89. The van der Waals surface area contributed by atoms with E-state index in [9.17, 15) is 19.5 Å². The second-order valence-electron chi connectivity index (χ2n) is 6.87. The summed E-state index contributed by atoms with van der Waals surface area (Å²) < 4.78 is 0. The summed E-state index contributed by atoms with van der Waals surface area (Å²) in [5.41, 5.74) is 10.6. The standard InChI is InChI=1S/C17H32N6O4/c1-3-10(2)13(16(26)27)23-15(25)12(7-5-9-21-17(18)19)22-14(24)11-6-4-8-20-11/h10-13,20H,3-9H2,1-2H3,(H,22,24)(H,23,25)(H,26,27)(H4,18,19,21)/t10-,11-,12-,13-/m0/s1. The van der Waals surface area contributed by atoms with E-state index in [4.69, 9.17) is 11.5 Å². The van der Waals surface area contributed by atoms with Gasteiger partial charge in [-0.05, 0) is 38.1 Å². The zero-order valence-corrected chi connectivity index (χ0v) is 16.0. The Morgan fingerprint density at radius 1 is 1.30 bits per heavy atom. The van der Waals surface area contributed by atoms with Gasteiger partial charge in [0.1, 0.15) is 12.1 Å². The third kappa shape index (κ3) is 7.81. The van der Waals surface area contributed by atoms with Crippen LogP contribution in [-0.2, 0) is 14.4 Å². The summed E-state index contributed by atoms with van der Waals surface area (Å²) in [7, 11) is 0. The molecule has 1 aliphatic rings. The predicted octanol–water partition coefficient (Wildman–Crippen LogP) is -1.11. The predicted molar refractivity (Wildman–Crippen MR) is 102 cm³/mol. The lowest BCUT2D eigenvalue weighted by Gasteiger charge is -2.25. The minimum absolute atomic E-state index is 0.0436. The van der Waals surface area contributed by atoms with E-state index in [2.05, 4.69) is 20.9 Å². The van der Waals surface area contributed by atoms with Crippen molar-refractivity contribution in [3.8, 4) is 0 Å². The summed E-state index contributed by atoms with van der Waals surface area (Å²) in [4.78, 5) is 40.4. The second-order valence-corrected chi connectivity index (χ2v) is 6.87. The third-order valence-corrected chi connectivity index (χ3v) is 4.73. The molecule has 4 atom stereocenters. The van der Waals surface area contributed by atoms with Crippen LogP contribution in [0.3, 0.4) is 0 Å². The molecule has 1 saturated heterocycles. The quantitative estimate of drug-likeness (QED) is 0.149. The monoisotopic (exact) mass is 384 g/mol. The smallest absolute Gasteiger partial charge is 0.326 e. The van der Waals surface area contributed by atoms with Gasteiger partial charge in [0, 0.05) is 6.54 Å². The molecule has 0 saturated carbocycles. The Balaban J connectivity index is 2.76. The Morgan fingerprint density at radius 3 is 2.52 bits per heavy atom. The number of guanidine groups is 1. The summed E-state index contributed by atoms with van der Waals surface area (Å²) in [5, 5.41) is 17.7. The molecule has 0 bridgehead atoms. The van der Waals surface area contributed by atoms with Crippen LogP contribution in [0, 0.1) is 5.92 Å². The maximum absolute atomic E-state index is 12.7. The van der Waals surface area contributed by atoms with E-state index >= 15 is 0 Å². The highest BCUT2D eigenvalue weighted by Gasteiger charge is 2.31. The maximum atomic E-state index is 12.7. The van der Waals surface area contributed by atoms with Crippen LogP contribution < -0.4 is 27.4 Å². The molecule has 1 rings (SSSR count). The molecule has 0 unspecified atom stereocenters. The van der Waals surface area contributed by atoms with Gasteiger partial charge in [0.15, 0.2) is 5.96 Å². The lowest BCUT2D eigenvalue weighted by atomic mass is 9.98. The van der Waals surface area contributed by atoms with Crippen LogP contribution in [0.25, 0.3) is 0 Å². The Bertz CT molecular complexity index is 544. The van der Waals surface area contributed by atoms with Gasteiger partial charge < -0.3 is 32.5 Å². The maximum Gasteiger partial charge on any atom is 0.326 e. The number of nitrogens with zero attached hydrogens (tertiary/aromatic N) is 1. The molecule has 154 valence electrons. The van der Waals surface area contributed by atoms with E-state index in [0.717, 1.165) is 13.0 Å². The van der Waals surface area contributed by atoms with Crippen LogP contribution in [0.5, 0.6) is 0 Å². The highest BCUT2D eigenvalue weighted by atomic mass is 16.4.